The maximum Gasteiger partial charge on any atom is 0.325 e. The summed E-state index contributed by atoms with van der Waals surface area (Å²) in [5.41, 5.74) is 1.56. The summed E-state index contributed by atoms with van der Waals surface area (Å²) in [7, 11) is 0. The third-order valence-corrected chi connectivity index (χ3v) is 5.70. The predicted molar refractivity (Wildman–Crippen MR) is 114 cm³/mol. The van der Waals surface area contributed by atoms with Crippen molar-refractivity contribution in [3.63, 3.8) is 0 Å². The predicted octanol–water partition coefficient (Wildman–Crippen LogP) is 2.16. The number of benzene rings is 2. The lowest BCUT2D eigenvalue weighted by Gasteiger charge is -2.33. The molecular formula is C23H24N4O4. The molecule has 1 saturated heterocycles. The van der Waals surface area contributed by atoms with Crippen molar-refractivity contribution >= 4 is 29.4 Å². The summed E-state index contributed by atoms with van der Waals surface area (Å²) in [4.78, 5) is 51.5. The van der Waals surface area contributed by atoms with Crippen molar-refractivity contribution in [3.05, 3.63) is 65.2 Å². The Labute approximate surface area is 180 Å². The number of nitrogens with one attached hydrogen (secondary N) is 3. The number of nitrogens with zero attached hydrogens (tertiary/aromatic N) is 1. The van der Waals surface area contributed by atoms with Gasteiger partial charge in [0.2, 0.25) is 5.91 Å². The molecule has 2 aliphatic rings. The number of fused-ring (bicyclic) bond motifs is 2. The third kappa shape index (κ3) is 3.76. The molecule has 160 valence electrons. The van der Waals surface area contributed by atoms with E-state index in [9.17, 15) is 19.2 Å². The van der Waals surface area contributed by atoms with Crippen molar-refractivity contribution in [2.75, 3.05) is 18.4 Å². The second kappa shape index (κ2) is 8.22. The summed E-state index contributed by atoms with van der Waals surface area (Å²) in [6, 6.07) is 13.5. The van der Waals surface area contributed by atoms with E-state index in [0.717, 1.165) is 28.9 Å². The number of carbonyl (C=O) groups excluding carboxylic acids is 4. The van der Waals surface area contributed by atoms with E-state index in [4.69, 9.17) is 0 Å². The molecule has 1 heterocycles. The van der Waals surface area contributed by atoms with Gasteiger partial charge in [0.05, 0.1) is 0 Å². The maximum absolute atomic E-state index is 13.3. The van der Waals surface area contributed by atoms with Crippen LogP contribution in [0.25, 0.3) is 0 Å². The fraction of sp³-hybridized carbons (Fsp3) is 0.304. The Morgan fingerprint density at radius 1 is 1.13 bits per heavy atom. The summed E-state index contributed by atoms with van der Waals surface area (Å²) in [5.74, 6) is -1.17. The minimum absolute atomic E-state index is 0.245. The molecule has 0 saturated carbocycles. The van der Waals surface area contributed by atoms with Gasteiger partial charge >= 0.3 is 6.03 Å². The number of hydrogen-bond acceptors (Lipinski definition) is 4. The number of urea groups is 1. The number of rotatable bonds is 5. The molecule has 2 aromatic carbocycles. The van der Waals surface area contributed by atoms with E-state index in [1.54, 1.807) is 24.3 Å². The monoisotopic (exact) mass is 420 g/mol. The Balaban J connectivity index is 1.49. The Hall–Kier alpha value is -3.68. The number of carbonyl (C=O) groups is 4. The zero-order chi connectivity index (χ0) is 22.0. The normalized spacial score (nSPS) is 19.7. The van der Waals surface area contributed by atoms with Crippen LogP contribution in [0.5, 0.6) is 0 Å². The van der Waals surface area contributed by atoms with Crippen molar-refractivity contribution in [2.24, 2.45) is 0 Å². The lowest BCUT2D eigenvalue weighted by molar-refractivity contribution is -0.134. The quantitative estimate of drug-likeness (QED) is 0.644. The molecule has 31 heavy (non-hydrogen) atoms. The van der Waals surface area contributed by atoms with Gasteiger partial charge < -0.3 is 16.0 Å². The van der Waals surface area contributed by atoms with Crippen LogP contribution in [-0.4, -0.2) is 41.7 Å². The van der Waals surface area contributed by atoms with E-state index in [-0.39, 0.29) is 5.91 Å². The van der Waals surface area contributed by atoms with Crippen LogP contribution >= 0.6 is 0 Å². The van der Waals surface area contributed by atoms with Gasteiger partial charge in [0, 0.05) is 17.8 Å². The molecule has 0 radical (unpaired) electrons. The molecule has 1 aliphatic carbocycles. The van der Waals surface area contributed by atoms with Crippen LogP contribution in [0.1, 0.15) is 41.3 Å². The molecule has 0 bridgehead atoms. The largest absolute Gasteiger partial charge is 0.352 e. The van der Waals surface area contributed by atoms with E-state index >= 15 is 0 Å². The number of amides is 5. The highest BCUT2D eigenvalue weighted by Gasteiger charge is 2.54. The number of anilines is 1. The minimum atomic E-state index is -1.11. The Morgan fingerprint density at radius 2 is 1.94 bits per heavy atom. The third-order valence-electron chi connectivity index (χ3n) is 5.70. The van der Waals surface area contributed by atoms with Gasteiger partial charge in [0.25, 0.3) is 11.8 Å². The van der Waals surface area contributed by atoms with Crippen LogP contribution < -0.4 is 16.0 Å². The molecule has 3 N–H and O–H groups in total. The summed E-state index contributed by atoms with van der Waals surface area (Å²) in [6.45, 7) is 1.91. The highest BCUT2D eigenvalue weighted by atomic mass is 16.2. The molecule has 1 fully saturated rings. The molecule has 8 heteroatoms. The molecule has 4 rings (SSSR count). The lowest BCUT2D eigenvalue weighted by Crippen LogP contribution is -2.47. The molecule has 5 amide bonds. The van der Waals surface area contributed by atoms with Crippen molar-refractivity contribution < 1.29 is 19.2 Å². The van der Waals surface area contributed by atoms with Gasteiger partial charge in [0.15, 0.2) is 0 Å². The lowest BCUT2D eigenvalue weighted by atomic mass is 9.76. The highest BCUT2D eigenvalue weighted by molar-refractivity contribution is 6.10. The average molecular weight is 420 g/mol. The average Bonchev–Trinajstić information content (AvgIpc) is 2.99. The Kier molecular flexibility index (Phi) is 5.46. The van der Waals surface area contributed by atoms with E-state index in [1.165, 1.54) is 0 Å². The first-order chi connectivity index (χ1) is 14.9. The first kappa shape index (κ1) is 20.6. The van der Waals surface area contributed by atoms with Crippen LogP contribution in [0.4, 0.5) is 10.5 Å². The molecule has 8 nitrogen and oxygen atoms in total. The number of hydrogen-bond donors (Lipinski definition) is 3. The Morgan fingerprint density at radius 3 is 2.74 bits per heavy atom. The SMILES string of the molecule is CCNC(=O)c1cccc(NC(=O)CN2C(=O)N[C@]3(CCCc4ccccc43)C2=O)c1. The van der Waals surface area contributed by atoms with Crippen molar-refractivity contribution in [1.82, 2.24) is 15.5 Å². The summed E-state index contributed by atoms with van der Waals surface area (Å²) in [5, 5.41) is 8.20. The van der Waals surface area contributed by atoms with Gasteiger partial charge in [-0.15, -0.1) is 0 Å². The van der Waals surface area contributed by atoms with E-state index in [1.807, 2.05) is 31.2 Å². The topological polar surface area (TPSA) is 108 Å². The summed E-state index contributed by atoms with van der Waals surface area (Å²) < 4.78 is 0. The van der Waals surface area contributed by atoms with Crippen molar-refractivity contribution in [2.45, 2.75) is 31.7 Å². The van der Waals surface area contributed by atoms with Crippen LogP contribution in [-0.2, 0) is 21.5 Å². The maximum atomic E-state index is 13.3. The summed E-state index contributed by atoms with van der Waals surface area (Å²) >= 11 is 0. The molecule has 0 aromatic heterocycles. The van der Waals surface area contributed by atoms with Crippen molar-refractivity contribution in [1.29, 1.82) is 0 Å². The second-order valence-electron chi connectivity index (χ2n) is 7.73. The molecule has 1 atom stereocenters. The van der Waals surface area contributed by atoms with Crippen molar-refractivity contribution in [3.8, 4) is 0 Å². The highest BCUT2D eigenvalue weighted by Crippen LogP contribution is 2.39. The smallest absolute Gasteiger partial charge is 0.325 e. The van der Waals surface area contributed by atoms with Gasteiger partial charge in [-0.2, -0.15) is 0 Å². The molecule has 0 unspecified atom stereocenters. The molecule has 2 aromatic rings. The Bertz CT molecular complexity index is 1070. The molecular weight excluding hydrogens is 396 g/mol. The first-order valence-corrected chi connectivity index (χ1v) is 10.3. The van der Waals surface area contributed by atoms with Gasteiger partial charge in [-0.05, 0) is 55.5 Å². The van der Waals surface area contributed by atoms with E-state index in [0.29, 0.717) is 24.2 Å². The van der Waals surface area contributed by atoms with Crippen LogP contribution in [0.2, 0.25) is 0 Å². The fourth-order valence-electron chi connectivity index (χ4n) is 4.30. The van der Waals surface area contributed by atoms with Gasteiger partial charge in [-0.3, -0.25) is 19.3 Å². The zero-order valence-electron chi connectivity index (χ0n) is 17.2. The molecule has 1 aliphatic heterocycles. The van der Waals surface area contributed by atoms with Crippen LogP contribution in [0.3, 0.4) is 0 Å². The van der Waals surface area contributed by atoms with Gasteiger partial charge in [-0.1, -0.05) is 30.3 Å². The van der Waals surface area contributed by atoms with E-state index in [2.05, 4.69) is 16.0 Å². The standard InChI is InChI=1S/C23H24N4O4/c1-2-24-20(29)16-8-5-10-17(13-16)25-19(28)14-27-21(30)23(26-22(27)31)12-6-9-15-7-3-4-11-18(15)23/h3-5,7-8,10-11,13H,2,6,9,12,14H2,1H3,(H,24,29)(H,25,28)(H,26,31)/t23-/m0/s1. The number of aryl methyl sites for hydroxylation is 1. The van der Waals surface area contributed by atoms with Crippen LogP contribution in [0, 0.1) is 0 Å². The number of imide groups is 1. The second-order valence-corrected chi connectivity index (χ2v) is 7.73. The van der Waals surface area contributed by atoms with Gasteiger partial charge in [0.1, 0.15) is 12.1 Å². The van der Waals surface area contributed by atoms with E-state index < -0.39 is 29.9 Å². The zero-order valence-corrected chi connectivity index (χ0v) is 17.2. The summed E-state index contributed by atoms with van der Waals surface area (Å²) in [6.07, 6.45) is 2.13. The van der Waals surface area contributed by atoms with Gasteiger partial charge in [-0.25, -0.2) is 4.79 Å². The first-order valence-electron chi connectivity index (χ1n) is 10.3. The molecule has 1 spiro atoms. The fourth-order valence-corrected chi connectivity index (χ4v) is 4.30. The minimum Gasteiger partial charge on any atom is -0.352 e. The van der Waals surface area contributed by atoms with Crippen LogP contribution in [0.15, 0.2) is 48.5 Å².